The van der Waals surface area contributed by atoms with E-state index in [0.717, 1.165) is 19.3 Å². The number of hydrogen-bond donors (Lipinski definition) is 1. The number of hydrogen-bond acceptors (Lipinski definition) is 4. The number of ketones is 1. The maximum absolute atomic E-state index is 12.6. The van der Waals surface area contributed by atoms with Crippen LogP contribution in [0.1, 0.15) is 85.5 Å². The first kappa shape index (κ1) is 25.6. The van der Waals surface area contributed by atoms with Crippen molar-refractivity contribution in [1.82, 2.24) is 0 Å². The first-order valence-electron chi connectivity index (χ1n) is 11.8. The molecule has 1 N–H and O–H groups in total. The Hall–Kier alpha value is -0.673. The van der Waals surface area contributed by atoms with Crippen LogP contribution >= 0.6 is 0 Å². The molecular formula is C25H44O4Si. The first-order chi connectivity index (χ1) is 13.9. The number of aliphatic hydroxyl groups excluding tert-OH is 1. The predicted molar refractivity (Wildman–Crippen MR) is 125 cm³/mol. The van der Waals surface area contributed by atoms with Gasteiger partial charge in [0.25, 0.3) is 0 Å². The van der Waals surface area contributed by atoms with Gasteiger partial charge in [0.1, 0.15) is 11.2 Å². The Morgan fingerprint density at radius 1 is 1.23 bits per heavy atom. The number of ether oxygens (including phenoxy) is 1. The number of aliphatic hydroxyl groups is 1. The van der Waals surface area contributed by atoms with Gasteiger partial charge in [-0.15, -0.1) is 6.42 Å². The Balaban J connectivity index is 2.40. The molecule has 2 aliphatic rings. The van der Waals surface area contributed by atoms with Crippen LogP contribution in [0.2, 0.25) is 18.1 Å². The summed E-state index contributed by atoms with van der Waals surface area (Å²) in [5, 5.41) is 11.2. The molecule has 2 rings (SSSR count). The lowest BCUT2D eigenvalue weighted by atomic mass is 9.51. The highest BCUT2D eigenvalue weighted by Crippen LogP contribution is 2.56. The number of rotatable bonds is 10. The second kappa shape index (κ2) is 9.44. The average molecular weight is 437 g/mol. The van der Waals surface area contributed by atoms with E-state index in [9.17, 15) is 9.90 Å². The Bertz CT molecular complexity index is 647. The number of carbonyl (C=O) groups excluding carboxylic acids is 1. The van der Waals surface area contributed by atoms with Crippen LogP contribution in [-0.4, -0.2) is 43.6 Å². The summed E-state index contributed by atoms with van der Waals surface area (Å²) >= 11 is 0. The number of terminal acetylenes is 1. The third-order valence-corrected chi connectivity index (χ3v) is 12.7. The zero-order valence-corrected chi connectivity index (χ0v) is 21.3. The summed E-state index contributed by atoms with van der Waals surface area (Å²) in [7, 11) is -0.588. The van der Waals surface area contributed by atoms with Crippen molar-refractivity contribution in [3.8, 4) is 12.3 Å². The Kier molecular flexibility index (Phi) is 8.05. The van der Waals surface area contributed by atoms with Gasteiger partial charge in [0.2, 0.25) is 0 Å². The molecular weight excluding hydrogens is 392 g/mol. The monoisotopic (exact) mass is 436 g/mol. The molecule has 0 heterocycles. The van der Waals surface area contributed by atoms with Crippen LogP contribution < -0.4 is 0 Å². The first-order valence-corrected chi connectivity index (χ1v) is 14.8. The fraction of sp³-hybridized carbons (Fsp3) is 0.880. The zero-order chi connectivity index (χ0) is 22.8. The van der Waals surface area contributed by atoms with E-state index in [1.165, 1.54) is 19.3 Å². The zero-order valence-electron chi connectivity index (χ0n) is 20.3. The summed E-state index contributed by atoms with van der Waals surface area (Å²) in [6.45, 7) is 13.3. The van der Waals surface area contributed by atoms with Crippen molar-refractivity contribution in [1.29, 1.82) is 0 Å². The van der Waals surface area contributed by atoms with E-state index in [1.807, 2.05) is 0 Å². The number of methoxy groups -OCH3 is 1. The van der Waals surface area contributed by atoms with Gasteiger partial charge in [-0.1, -0.05) is 59.3 Å². The normalized spacial score (nSPS) is 31.4. The minimum atomic E-state index is -2.21. The fourth-order valence-electron chi connectivity index (χ4n) is 5.25. The third-order valence-electron chi connectivity index (χ3n) is 8.18. The molecule has 0 aromatic rings. The molecule has 0 aromatic heterocycles. The van der Waals surface area contributed by atoms with Gasteiger partial charge in [0.15, 0.2) is 14.1 Å². The van der Waals surface area contributed by atoms with Gasteiger partial charge < -0.3 is 14.3 Å². The number of unbranched alkanes of at least 4 members (excludes halogenated alkanes) is 4. The third kappa shape index (κ3) is 4.58. The van der Waals surface area contributed by atoms with Crippen LogP contribution in [-0.2, 0) is 14.0 Å². The SMILES string of the molecule is C#CC(CCCCCCC)(O[Si](C)(C)C(C)(C)C)[C@H]1[C@H](O)CC[C@]2(OC)C(=O)C[C@H]12. The van der Waals surface area contributed by atoms with Crippen molar-refractivity contribution in [2.45, 2.75) is 121 Å². The molecule has 2 aliphatic carbocycles. The summed E-state index contributed by atoms with van der Waals surface area (Å²) in [5.41, 5.74) is -1.64. The van der Waals surface area contributed by atoms with Crippen LogP contribution in [0.3, 0.4) is 0 Å². The fourth-order valence-corrected chi connectivity index (χ4v) is 6.76. The topological polar surface area (TPSA) is 55.8 Å². The molecule has 5 atom stereocenters. The highest BCUT2D eigenvalue weighted by Gasteiger charge is 2.66. The Labute approximate surface area is 185 Å². The van der Waals surface area contributed by atoms with Gasteiger partial charge >= 0.3 is 0 Å². The second-order valence-electron chi connectivity index (χ2n) is 11.0. The number of carbonyl (C=O) groups is 1. The molecule has 0 bridgehead atoms. The molecule has 0 radical (unpaired) electrons. The Morgan fingerprint density at radius 3 is 2.37 bits per heavy atom. The summed E-state index contributed by atoms with van der Waals surface area (Å²) in [6, 6.07) is 0. The van der Waals surface area contributed by atoms with E-state index in [1.54, 1.807) is 7.11 Å². The molecule has 172 valence electrons. The standard InChI is InChI=1S/C25H44O4Si/c1-9-11-12-13-14-16-24(10-2,29-30(7,8)23(3,4)5)22-19-18-21(27)25(19,28-6)17-15-20(22)26/h2,19-20,22,26H,9,11-18H2,1,3-8H3/t19-,20-,22-,24?,25-/m1/s1. The van der Waals surface area contributed by atoms with E-state index < -0.39 is 25.6 Å². The van der Waals surface area contributed by atoms with Crippen molar-refractivity contribution in [2.24, 2.45) is 11.8 Å². The highest BCUT2D eigenvalue weighted by atomic mass is 28.4. The van der Waals surface area contributed by atoms with E-state index >= 15 is 0 Å². The van der Waals surface area contributed by atoms with Crippen molar-refractivity contribution < 1.29 is 19.1 Å². The minimum absolute atomic E-state index is 0.00467. The lowest BCUT2D eigenvalue weighted by Gasteiger charge is -2.59. The summed E-state index contributed by atoms with van der Waals surface area (Å²) < 4.78 is 12.8. The summed E-state index contributed by atoms with van der Waals surface area (Å²) in [6.07, 6.45) is 13.6. The number of Topliss-reactive ketones (excluding diaryl/α,β-unsaturated/α-hetero) is 1. The quantitative estimate of drug-likeness (QED) is 0.280. The van der Waals surface area contributed by atoms with Crippen molar-refractivity contribution in [2.75, 3.05) is 7.11 Å². The van der Waals surface area contributed by atoms with Crippen LogP contribution in [0.25, 0.3) is 0 Å². The highest BCUT2D eigenvalue weighted by molar-refractivity contribution is 6.74. The summed E-state index contributed by atoms with van der Waals surface area (Å²) in [4.78, 5) is 12.6. The molecule has 0 saturated heterocycles. The van der Waals surface area contributed by atoms with Gasteiger partial charge in [-0.25, -0.2) is 0 Å². The maximum atomic E-state index is 12.6. The second-order valence-corrected chi connectivity index (χ2v) is 15.7. The van der Waals surface area contributed by atoms with Gasteiger partial charge in [0.05, 0.1) is 6.10 Å². The van der Waals surface area contributed by atoms with E-state index in [2.05, 4.69) is 46.7 Å². The summed E-state index contributed by atoms with van der Waals surface area (Å²) in [5.74, 6) is 2.86. The molecule has 0 aliphatic heterocycles. The van der Waals surface area contributed by atoms with Crippen molar-refractivity contribution in [3.05, 3.63) is 0 Å². The van der Waals surface area contributed by atoms with Gasteiger partial charge in [-0.2, -0.15) is 0 Å². The van der Waals surface area contributed by atoms with E-state index in [0.29, 0.717) is 19.3 Å². The molecule has 5 heteroatoms. The van der Waals surface area contributed by atoms with Gasteiger partial charge in [-0.3, -0.25) is 4.79 Å². The molecule has 4 nitrogen and oxygen atoms in total. The molecule has 2 saturated carbocycles. The molecule has 0 aromatic carbocycles. The van der Waals surface area contributed by atoms with E-state index in [4.69, 9.17) is 15.6 Å². The smallest absolute Gasteiger partial charge is 0.194 e. The molecule has 2 fully saturated rings. The molecule has 30 heavy (non-hydrogen) atoms. The van der Waals surface area contributed by atoms with Crippen molar-refractivity contribution in [3.63, 3.8) is 0 Å². The minimum Gasteiger partial charge on any atom is -0.400 e. The van der Waals surface area contributed by atoms with Crippen LogP contribution in [0, 0.1) is 24.2 Å². The lowest BCUT2D eigenvalue weighted by Crippen LogP contribution is -2.70. The molecule has 0 amide bonds. The Morgan fingerprint density at radius 2 is 1.87 bits per heavy atom. The lowest BCUT2D eigenvalue weighted by molar-refractivity contribution is -0.212. The van der Waals surface area contributed by atoms with Crippen LogP contribution in [0.5, 0.6) is 0 Å². The maximum Gasteiger partial charge on any atom is 0.194 e. The molecule has 1 unspecified atom stereocenters. The van der Waals surface area contributed by atoms with Crippen LogP contribution in [0.4, 0.5) is 0 Å². The average Bonchev–Trinajstić information content (AvgIpc) is 2.66. The van der Waals surface area contributed by atoms with Crippen LogP contribution in [0.15, 0.2) is 0 Å². The molecule has 0 spiro atoms. The van der Waals surface area contributed by atoms with Gasteiger partial charge in [-0.05, 0) is 43.8 Å². The largest absolute Gasteiger partial charge is 0.400 e. The predicted octanol–water partition coefficient (Wildman–Crippen LogP) is 5.49. The van der Waals surface area contributed by atoms with E-state index in [-0.39, 0.29) is 22.7 Å². The van der Waals surface area contributed by atoms with Gasteiger partial charge in [0, 0.05) is 25.4 Å². The number of fused-ring (bicyclic) bond motifs is 1. The van der Waals surface area contributed by atoms with Crippen molar-refractivity contribution >= 4 is 14.1 Å².